The van der Waals surface area contributed by atoms with Crippen LogP contribution in [-0.2, 0) is 9.59 Å². The van der Waals surface area contributed by atoms with Crippen LogP contribution in [-0.4, -0.2) is 22.2 Å². The number of hydrogen-bond donors (Lipinski definition) is 2. The lowest BCUT2D eigenvalue weighted by atomic mass is 9.96. The summed E-state index contributed by atoms with van der Waals surface area (Å²) in [4.78, 5) is 23.3. The van der Waals surface area contributed by atoms with Crippen LogP contribution in [0.3, 0.4) is 0 Å². The molecule has 34 heavy (non-hydrogen) atoms. The summed E-state index contributed by atoms with van der Waals surface area (Å²) in [6.45, 7) is 4.42. The molecule has 0 saturated heterocycles. The highest BCUT2D eigenvalue weighted by Gasteiger charge is 2.19. The van der Waals surface area contributed by atoms with Crippen molar-refractivity contribution in [1.29, 1.82) is 0 Å². The average Bonchev–Trinajstić information content (AvgIpc) is 2.81. The molecule has 0 amide bonds. The Balaban J connectivity index is 3.96. The lowest BCUT2D eigenvalue weighted by Gasteiger charge is -2.09. The van der Waals surface area contributed by atoms with Gasteiger partial charge >= 0.3 is 11.9 Å². The van der Waals surface area contributed by atoms with Gasteiger partial charge in [0.05, 0.1) is 0 Å². The summed E-state index contributed by atoms with van der Waals surface area (Å²) in [6.07, 6.45) is 28.7. The molecule has 4 heteroatoms. The first-order valence-corrected chi connectivity index (χ1v) is 14.4. The van der Waals surface area contributed by atoms with E-state index in [1.807, 2.05) is 0 Å². The smallest absolute Gasteiger partial charge is 0.332 e. The van der Waals surface area contributed by atoms with Gasteiger partial charge in [-0.25, -0.2) is 9.59 Å². The van der Waals surface area contributed by atoms with E-state index in [9.17, 15) is 19.8 Å². The average molecular weight is 479 g/mol. The quantitative estimate of drug-likeness (QED) is 0.0778. The number of carboxylic acid groups (broad SMARTS) is 2. The van der Waals surface area contributed by atoms with Crippen molar-refractivity contribution in [1.82, 2.24) is 0 Å². The molecule has 0 aliphatic heterocycles. The van der Waals surface area contributed by atoms with E-state index < -0.39 is 11.9 Å². The normalized spacial score (nSPS) is 12.3. The van der Waals surface area contributed by atoms with Gasteiger partial charge in [-0.1, -0.05) is 116 Å². The Labute approximate surface area is 210 Å². The Kier molecular flexibility index (Phi) is 23.4. The number of hydrogen-bond acceptors (Lipinski definition) is 2. The molecule has 0 bridgehead atoms. The maximum absolute atomic E-state index is 11.7. The van der Waals surface area contributed by atoms with E-state index >= 15 is 0 Å². The SMILES string of the molecule is CCCCCCCC/C=C/CCCCCCCC/C(C(=O)O)=C(\CCCCCCCC)C(=O)O. The number of rotatable bonds is 25. The molecule has 0 saturated carbocycles. The van der Waals surface area contributed by atoms with E-state index in [-0.39, 0.29) is 11.1 Å². The van der Waals surface area contributed by atoms with Crippen LogP contribution in [0.1, 0.15) is 155 Å². The molecule has 0 aromatic rings. The predicted octanol–water partition coefficient (Wildman–Crippen LogP) is 9.63. The monoisotopic (exact) mass is 478 g/mol. The van der Waals surface area contributed by atoms with Crippen LogP contribution in [0.2, 0.25) is 0 Å². The highest BCUT2D eigenvalue weighted by atomic mass is 16.4. The third-order valence-electron chi connectivity index (χ3n) is 6.60. The van der Waals surface area contributed by atoms with Gasteiger partial charge in [-0.05, 0) is 51.4 Å². The summed E-state index contributed by atoms with van der Waals surface area (Å²) < 4.78 is 0. The molecule has 0 radical (unpaired) electrons. The van der Waals surface area contributed by atoms with Gasteiger partial charge in [0.15, 0.2) is 0 Å². The van der Waals surface area contributed by atoms with Crippen molar-refractivity contribution in [3.05, 3.63) is 23.3 Å². The maximum atomic E-state index is 11.7. The highest BCUT2D eigenvalue weighted by molar-refractivity contribution is 5.98. The van der Waals surface area contributed by atoms with Gasteiger partial charge in [0.2, 0.25) is 0 Å². The first-order chi connectivity index (χ1) is 16.5. The predicted molar refractivity (Wildman–Crippen MR) is 144 cm³/mol. The molecular weight excluding hydrogens is 424 g/mol. The first-order valence-electron chi connectivity index (χ1n) is 14.4. The molecule has 0 rings (SSSR count). The number of unbranched alkanes of at least 4 members (excludes halogenated alkanes) is 17. The standard InChI is InChI=1S/C30H54O4/c1-3-5-7-9-11-12-13-14-15-16-17-18-19-20-22-24-26-28(30(33)34)27(29(31)32)25-23-21-10-8-6-4-2/h14-15H,3-13,16-26H2,1-2H3,(H,31,32)(H,33,34)/b15-14+,28-27-. The zero-order valence-electron chi connectivity index (χ0n) is 22.4. The van der Waals surface area contributed by atoms with Gasteiger partial charge in [-0.3, -0.25) is 0 Å². The van der Waals surface area contributed by atoms with Crippen molar-refractivity contribution >= 4 is 11.9 Å². The van der Waals surface area contributed by atoms with Crippen LogP contribution in [0.5, 0.6) is 0 Å². The number of allylic oxidation sites excluding steroid dienone is 2. The highest BCUT2D eigenvalue weighted by Crippen LogP contribution is 2.21. The lowest BCUT2D eigenvalue weighted by molar-refractivity contribution is -0.136. The molecule has 0 atom stereocenters. The summed E-state index contributed by atoms with van der Waals surface area (Å²) in [7, 11) is 0. The molecular formula is C30H54O4. The van der Waals surface area contributed by atoms with Crippen molar-refractivity contribution in [3.63, 3.8) is 0 Å². The van der Waals surface area contributed by atoms with Crippen molar-refractivity contribution in [2.45, 2.75) is 155 Å². The molecule has 0 fully saturated rings. The van der Waals surface area contributed by atoms with Crippen LogP contribution in [0.4, 0.5) is 0 Å². The molecule has 0 aliphatic rings. The van der Waals surface area contributed by atoms with E-state index in [0.29, 0.717) is 12.8 Å². The Bertz CT molecular complexity index is 562. The van der Waals surface area contributed by atoms with Crippen molar-refractivity contribution in [3.8, 4) is 0 Å². The molecule has 198 valence electrons. The van der Waals surface area contributed by atoms with Gasteiger partial charge in [0.25, 0.3) is 0 Å². The Morgan fingerprint density at radius 3 is 1.09 bits per heavy atom. The largest absolute Gasteiger partial charge is 0.478 e. The van der Waals surface area contributed by atoms with Gasteiger partial charge in [-0.2, -0.15) is 0 Å². The third kappa shape index (κ3) is 19.9. The minimum atomic E-state index is -1.06. The molecule has 0 aliphatic carbocycles. The van der Waals surface area contributed by atoms with Gasteiger partial charge in [0.1, 0.15) is 0 Å². The summed E-state index contributed by atoms with van der Waals surface area (Å²) in [5.74, 6) is -2.12. The van der Waals surface area contributed by atoms with Gasteiger partial charge in [-0.15, -0.1) is 0 Å². The fourth-order valence-corrected chi connectivity index (χ4v) is 4.41. The van der Waals surface area contributed by atoms with E-state index in [1.165, 1.54) is 83.5 Å². The summed E-state index contributed by atoms with van der Waals surface area (Å²) in [5.41, 5.74) is 0.243. The Hall–Kier alpha value is -1.58. The Morgan fingerprint density at radius 2 is 0.765 bits per heavy atom. The second-order valence-electron chi connectivity index (χ2n) is 9.77. The molecule has 2 N–H and O–H groups in total. The van der Waals surface area contributed by atoms with E-state index in [1.54, 1.807) is 0 Å². The number of aliphatic carboxylic acids is 2. The van der Waals surface area contributed by atoms with Crippen molar-refractivity contribution in [2.75, 3.05) is 0 Å². The van der Waals surface area contributed by atoms with Crippen LogP contribution >= 0.6 is 0 Å². The zero-order valence-corrected chi connectivity index (χ0v) is 22.4. The molecule has 0 aromatic heterocycles. The van der Waals surface area contributed by atoms with E-state index in [0.717, 1.165) is 44.9 Å². The first kappa shape index (κ1) is 32.4. The van der Waals surface area contributed by atoms with Crippen LogP contribution in [0.25, 0.3) is 0 Å². The van der Waals surface area contributed by atoms with Gasteiger partial charge < -0.3 is 10.2 Å². The minimum absolute atomic E-state index is 0.121. The topological polar surface area (TPSA) is 74.6 Å². The fraction of sp³-hybridized carbons (Fsp3) is 0.800. The minimum Gasteiger partial charge on any atom is -0.478 e. The second kappa shape index (κ2) is 24.5. The van der Waals surface area contributed by atoms with E-state index in [4.69, 9.17) is 0 Å². The van der Waals surface area contributed by atoms with Gasteiger partial charge in [0, 0.05) is 11.1 Å². The number of carbonyl (C=O) groups is 2. The summed E-state index contributed by atoms with van der Waals surface area (Å²) in [6, 6.07) is 0. The molecule has 0 spiro atoms. The second-order valence-corrected chi connectivity index (χ2v) is 9.77. The molecule has 0 heterocycles. The number of carboxylic acids is 2. The van der Waals surface area contributed by atoms with Crippen LogP contribution < -0.4 is 0 Å². The van der Waals surface area contributed by atoms with Crippen LogP contribution in [0, 0.1) is 0 Å². The van der Waals surface area contributed by atoms with Crippen molar-refractivity contribution in [2.24, 2.45) is 0 Å². The maximum Gasteiger partial charge on any atom is 0.332 e. The molecule has 0 unspecified atom stereocenters. The van der Waals surface area contributed by atoms with E-state index in [2.05, 4.69) is 26.0 Å². The summed E-state index contributed by atoms with van der Waals surface area (Å²) >= 11 is 0. The third-order valence-corrected chi connectivity index (χ3v) is 6.60. The Morgan fingerprint density at radius 1 is 0.471 bits per heavy atom. The zero-order chi connectivity index (χ0) is 25.3. The van der Waals surface area contributed by atoms with Crippen LogP contribution in [0.15, 0.2) is 23.3 Å². The summed E-state index contributed by atoms with van der Waals surface area (Å²) in [5, 5.41) is 19.1. The van der Waals surface area contributed by atoms with Crippen molar-refractivity contribution < 1.29 is 19.8 Å². The molecule has 0 aromatic carbocycles. The lowest BCUT2D eigenvalue weighted by Crippen LogP contribution is -2.12. The molecule has 4 nitrogen and oxygen atoms in total. The fourth-order valence-electron chi connectivity index (χ4n) is 4.41.